The summed E-state index contributed by atoms with van der Waals surface area (Å²) < 4.78 is 7.53. The van der Waals surface area contributed by atoms with E-state index in [2.05, 4.69) is 24.2 Å². The van der Waals surface area contributed by atoms with Gasteiger partial charge in [-0.25, -0.2) is 4.68 Å². The van der Waals surface area contributed by atoms with E-state index < -0.39 is 0 Å². The first kappa shape index (κ1) is 16.6. The molecule has 1 saturated heterocycles. The Morgan fingerprint density at radius 3 is 2.71 bits per heavy atom. The van der Waals surface area contributed by atoms with Gasteiger partial charge in [-0.2, -0.15) is 0 Å². The zero-order valence-electron chi connectivity index (χ0n) is 14.3. The topological polar surface area (TPSA) is 60.2 Å². The number of likely N-dealkylation sites (tertiary alicyclic amines) is 1. The normalized spacial score (nSPS) is 15.9. The molecule has 6 heteroatoms. The van der Waals surface area contributed by atoms with Gasteiger partial charge < -0.3 is 9.64 Å². The zero-order valence-corrected chi connectivity index (χ0v) is 14.3. The molecule has 0 saturated carbocycles. The SMILES string of the molecule is CC(C)COC1CCN(C(=O)c2ccccc2-n2ccnn2)CC1. The Morgan fingerprint density at radius 1 is 1.29 bits per heavy atom. The smallest absolute Gasteiger partial charge is 0.256 e. The number of hydrogen-bond donors (Lipinski definition) is 0. The Kier molecular flexibility index (Phi) is 5.25. The zero-order chi connectivity index (χ0) is 16.9. The molecule has 0 unspecified atom stereocenters. The van der Waals surface area contributed by atoms with Crippen LogP contribution in [0.2, 0.25) is 0 Å². The summed E-state index contributed by atoms with van der Waals surface area (Å²) >= 11 is 0. The molecule has 6 nitrogen and oxygen atoms in total. The lowest BCUT2D eigenvalue weighted by atomic mass is 10.1. The first-order valence-corrected chi connectivity index (χ1v) is 8.51. The Hall–Kier alpha value is -2.21. The molecule has 0 spiro atoms. The molecule has 3 rings (SSSR count). The molecule has 2 heterocycles. The average Bonchev–Trinajstić information content (AvgIpc) is 3.14. The Balaban J connectivity index is 1.66. The van der Waals surface area contributed by atoms with Crippen LogP contribution in [-0.2, 0) is 4.74 Å². The number of para-hydroxylation sites is 1. The van der Waals surface area contributed by atoms with E-state index in [9.17, 15) is 4.79 Å². The molecule has 2 aromatic rings. The lowest BCUT2D eigenvalue weighted by molar-refractivity contribution is -0.00231. The molecule has 24 heavy (non-hydrogen) atoms. The van der Waals surface area contributed by atoms with Gasteiger partial charge in [0, 0.05) is 19.7 Å². The van der Waals surface area contributed by atoms with Crippen LogP contribution in [-0.4, -0.2) is 51.6 Å². The third-order valence-corrected chi connectivity index (χ3v) is 4.20. The molecule has 0 N–H and O–H groups in total. The first-order valence-electron chi connectivity index (χ1n) is 8.51. The van der Waals surface area contributed by atoms with Gasteiger partial charge in [0.15, 0.2) is 0 Å². The van der Waals surface area contributed by atoms with Crippen LogP contribution in [0, 0.1) is 5.92 Å². The molecule has 0 aliphatic carbocycles. The van der Waals surface area contributed by atoms with E-state index >= 15 is 0 Å². The van der Waals surface area contributed by atoms with Gasteiger partial charge in [0.05, 0.1) is 29.7 Å². The summed E-state index contributed by atoms with van der Waals surface area (Å²) in [5.41, 5.74) is 1.42. The van der Waals surface area contributed by atoms with Gasteiger partial charge in [-0.15, -0.1) is 5.10 Å². The fourth-order valence-corrected chi connectivity index (χ4v) is 2.92. The lowest BCUT2D eigenvalue weighted by Gasteiger charge is -2.32. The van der Waals surface area contributed by atoms with E-state index in [1.807, 2.05) is 29.2 Å². The second-order valence-electron chi connectivity index (χ2n) is 6.58. The summed E-state index contributed by atoms with van der Waals surface area (Å²) in [7, 11) is 0. The van der Waals surface area contributed by atoms with Gasteiger partial charge in [-0.3, -0.25) is 4.79 Å². The highest BCUT2D eigenvalue weighted by molar-refractivity contribution is 5.97. The van der Waals surface area contributed by atoms with Crippen molar-refractivity contribution in [1.29, 1.82) is 0 Å². The Morgan fingerprint density at radius 2 is 2.04 bits per heavy atom. The first-order chi connectivity index (χ1) is 11.6. The maximum absolute atomic E-state index is 12.9. The van der Waals surface area contributed by atoms with Gasteiger partial charge in [0.1, 0.15) is 0 Å². The van der Waals surface area contributed by atoms with Crippen molar-refractivity contribution in [3.63, 3.8) is 0 Å². The monoisotopic (exact) mass is 328 g/mol. The minimum atomic E-state index is 0.0448. The summed E-state index contributed by atoms with van der Waals surface area (Å²) in [6.45, 7) is 6.55. The van der Waals surface area contributed by atoms with Crippen molar-refractivity contribution < 1.29 is 9.53 Å². The highest BCUT2D eigenvalue weighted by Crippen LogP contribution is 2.20. The molecule has 0 atom stereocenters. The number of nitrogens with zero attached hydrogens (tertiary/aromatic N) is 4. The number of ether oxygens (including phenoxy) is 1. The van der Waals surface area contributed by atoms with Crippen molar-refractivity contribution in [2.24, 2.45) is 5.92 Å². The second-order valence-corrected chi connectivity index (χ2v) is 6.58. The number of carbonyl (C=O) groups excluding carboxylic acids is 1. The maximum atomic E-state index is 12.9. The molecule has 1 aliphatic heterocycles. The standard InChI is InChI=1S/C18H24N4O2/c1-14(2)13-24-15-7-10-21(11-8-15)18(23)16-5-3-4-6-17(16)22-12-9-19-20-22/h3-6,9,12,14-15H,7-8,10-11,13H2,1-2H3. The summed E-state index contributed by atoms with van der Waals surface area (Å²) in [6, 6.07) is 7.52. The van der Waals surface area contributed by atoms with Crippen LogP contribution in [0.4, 0.5) is 0 Å². The van der Waals surface area contributed by atoms with E-state index in [4.69, 9.17) is 4.74 Å². The quantitative estimate of drug-likeness (QED) is 0.846. The van der Waals surface area contributed by atoms with Crippen LogP contribution in [0.3, 0.4) is 0 Å². The van der Waals surface area contributed by atoms with Crippen LogP contribution in [0.25, 0.3) is 5.69 Å². The van der Waals surface area contributed by atoms with Crippen molar-refractivity contribution in [3.8, 4) is 5.69 Å². The highest BCUT2D eigenvalue weighted by Gasteiger charge is 2.25. The van der Waals surface area contributed by atoms with Crippen molar-refractivity contribution in [3.05, 3.63) is 42.2 Å². The predicted octanol–water partition coefficient (Wildman–Crippen LogP) is 2.54. The van der Waals surface area contributed by atoms with E-state index in [0.29, 0.717) is 11.5 Å². The fourth-order valence-electron chi connectivity index (χ4n) is 2.92. The molecular weight excluding hydrogens is 304 g/mol. The molecule has 1 aliphatic rings. The van der Waals surface area contributed by atoms with Gasteiger partial charge in [0.25, 0.3) is 5.91 Å². The molecule has 1 aromatic carbocycles. The summed E-state index contributed by atoms with van der Waals surface area (Å²) in [5, 5.41) is 7.83. The molecular formula is C18H24N4O2. The third-order valence-electron chi connectivity index (χ3n) is 4.20. The van der Waals surface area contributed by atoms with Crippen LogP contribution in [0.15, 0.2) is 36.7 Å². The lowest BCUT2D eigenvalue weighted by Crippen LogP contribution is -2.41. The number of amides is 1. The number of hydrogen-bond acceptors (Lipinski definition) is 4. The third kappa shape index (κ3) is 3.82. The minimum Gasteiger partial charge on any atom is -0.378 e. The number of rotatable bonds is 5. The molecule has 1 amide bonds. The summed E-state index contributed by atoms with van der Waals surface area (Å²) in [4.78, 5) is 14.8. The highest BCUT2D eigenvalue weighted by atomic mass is 16.5. The van der Waals surface area contributed by atoms with E-state index in [1.54, 1.807) is 17.1 Å². The van der Waals surface area contributed by atoms with Gasteiger partial charge in [0.2, 0.25) is 0 Å². The van der Waals surface area contributed by atoms with Crippen molar-refractivity contribution in [1.82, 2.24) is 19.9 Å². The van der Waals surface area contributed by atoms with E-state index in [-0.39, 0.29) is 12.0 Å². The number of aromatic nitrogens is 3. The molecule has 1 aromatic heterocycles. The van der Waals surface area contributed by atoms with Crippen LogP contribution in [0.1, 0.15) is 37.0 Å². The Labute approximate surface area is 142 Å². The summed E-state index contributed by atoms with van der Waals surface area (Å²) in [6.07, 6.45) is 5.41. The van der Waals surface area contributed by atoms with Crippen LogP contribution < -0.4 is 0 Å². The van der Waals surface area contributed by atoms with Crippen molar-refractivity contribution >= 4 is 5.91 Å². The van der Waals surface area contributed by atoms with Crippen LogP contribution >= 0.6 is 0 Å². The molecule has 0 bridgehead atoms. The predicted molar refractivity (Wildman–Crippen MR) is 91.1 cm³/mol. The van der Waals surface area contributed by atoms with Gasteiger partial charge in [-0.05, 0) is 30.9 Å². The van der Waals surface area contributed by atoms with Crippen molar-refractivity contribution in [2.45, 2.75) is 32.8 Å². The summed E-state index contributed by atoms with van der Waals surface area (Å²) in [5.74, 6) is 0.586. The van der Waals surface area contributed by atoms with E-state index in [1.165, 1.54) is 0 Å². The van der Waals surface area contributed by atoms with E-state index in [0.717, 1.165) is 38.2 Å². The molecule has 0 radical (unpaired) electrons. The second kappa shape index (κ2) is 7.57. The van der Waals surface area contributed by atoms with Gasteiger partial charge >= 0.3 is 0 Å². The maximum Gasteiger partial charge on any atom is 0.256 e. The van der Waals surface area contributed by atoms with Crippen molar-refractivity contribution in [2.75, 3.05) is 19.7 Å². The molecule has 1 fully saturated rings. The average molecular weight is 328 g/mol. The largest absolute Gasteiger partial charge is 0.378 e. The molecule has 128 valence electrons. The van der Waals surface area contributed by atoms with Gasteiger partial charge in [-0.1, -0.05) is 31.2 Å². The fraction of sp³-hybridized carbons (Fsp3) is 0.500. The number of benzene rings is 1. The Bertz CT molecular complexity index is 661. The number of carbonyl (C=O) groups is 1. The number of piperidine rings is 1. The van der Waals surface area contributed by atoms with Crippen LogP contribution in [0.5, 0.6) is 0 Å². The minimum absolute atomic E-state index is 0.0448.